The van der Waals surface area contributed by atoms with Gasteiger partial charge in [-0.1, -0.05) is 17.8 Å². The number of carbonyl (C=O) groups is 1. The first-order chi connectivity index (χ1) is 9.95. The van der Waals surface area contributed by atoms with E-state index in [1.807, 2.05) is 20.8 Å². The topological polar surface area (TPSA) is 80.9 Å². The fourth-order valence-electron chi connectivity index (χ4n) is 1.75. The third kappa shape index (κ3) is 4.19. The maximum Gasteiger partial charge on any atom is 0.234 e. The maximum atomic E-state index is 11.9. The van der Waals surface area contributed by atoms with Crippen molar-refractivity contribution in [1.29, 1.82) is 0 Å². The highest BCUT2D eigenvalue weighted by atomic mass is 32.2. The highest BCUT2D eigenvalue weighted by molar-refractivity contribution is 7.99. The maximum absolute atomic E-state index is 11.9. The van der Waals surface area contributed by atoms with Gasteiger partial charge in [-0.2, -0.15) is 0 Å². The summed E-state index contributed by atoms with van der Waals surface area (Å²) in [5.74, 6) is 0.154. The van der Waals surface area contributed by atoms with Gasteiger partial charge in [0.2, 0.25) is 5.91 Å². The number of thioether (sulfide) groups is 1. The van der Waals surface area contributed by atoms with Gasteiger partial charge in [0.1, 0.15) is 0 Å². The molecule has 5 nitrogen and oxygen atoms in total. The lowest BCUT2D eigenvalue weighted by atomic mass is 10.2. The first-order valence-corrected chi connectivity index (χ1v) is 7.54. The zero-order valence-electron chi connectivity index (χ0n) is 12.3. The number of nitrogens with zero attached hydrogens (tertiary/aromatic N) is 2. The van der Waals surface area contributed by atoms with Gasteiger partial charge in [0, 0.05) is 22.8 Å². The Kier molecular flexibility index (Phi) is 4.80. The second-order valence-corrected chi connectivity index (χ2v) is 5.71. The Bertz CT molecular complexity index is 649. The Balaban J connectivity index is 1.95. The first kappa shape index (κ1) is 15.3. The summed E-state index contributed by atoms with van der Waals surface area (Å²) in [6.45, 7) is 5.88. The molecule has 6 heteroatoms. The SMILES string of the molecule is Cc1nc(SCC(=O)Nc2cccc(N)c2)nc(C)c1C. The van der Waals surface area contributed by atoms with E-state index in [1.165, 1.54) is 11.8 Å². The van der Waals surface area contributed by atoms with Crippen LogP contribution in [0.2, 0.25) is 0 Å². The zero-order chi connectivity index (χ0) is 15.4. The zero-order valence-corrected chi connectivity index (χ0v) is 13.1. The van der Waals surface area contributed by atoms with Crippen molar-refractivity contribution in [2.24, 2.45) is 0 Å². The summed E-state index contributed by atoms with van der Waals surface area (Å²) in [4.78, 5) is 20.7. The monoisotopic (exact) mass is 302 g/mol. The quantitative estimate of drug-likeness (QED) is 0.515. The number of benzene rings is 1. The largest absolute Gasteiger partial charge is 0.399 e. The van der Waals surface area contributed by atoms with E-state index in [1.54, 1.807) is 24.3 Å². The lowest BCUT2D eigenvalue weighted by Gasteiger charge is -2.07. The third-order valence-corrected chi connectivity index (χ3v) is 3.96. The minimum absolute atomic E-state index is 0.106. The fraction of sp³-hybridized carbons (Fsp3) is 0.267. The highest BCUT2D eigenvalue weighted by Crippen LogP contribution is 2.18. The molecule has 0 unspecified atom stereocenters. The van der Waals surface area contributed by atoms with Crippen LogP contribution >= 0.6 is 11.8 Å². The van der Waals surface area contributed by atoms with E-state index in [2.05, 4.69) is 15.3 Å². The van der Waals surface area contributed by atoms with Crippen molar-refractivity contribution in [1.82, 2.24) is 9.97 Å². The Labute approximate surface area is 128 Å². The van der Waals surface area contributed by atoms with Crippen LogP contribution in [-0.2, 0) is 4.79 Å². The first-order valence-electron chi connectivity index (χ1n) is 6.55. The molecule has 0 radical (unpaired) electrons. The lowest BCUT2D eigenvalue weighted by Crippen LogP contribution is -2.14. The molecule has 0 saturated carbocycles. The van der Waals surface area contributed by atoms with Crippen LogP contribution in [0.3, 0.4) is 0 Å². The van der Waals surface area contributed by atoms with Gasteiger partial charge < -0.3 is 11.1 Å². The number of carbonyl (C=O) groups excluding carboxylic acids is 1. The molecule has 1 amide bonds. The van der Waals surface area contributed by atoms with Gasteiger partial charge >= 0.3 is 0 Å². The Morgan fingerprint density at radius 3 is 2.52 bits per heavy atom. The minimum Gasteiger partial charge on any atom is -0.399 e. The van der Waals surface area contributed by atoms with Crippen LogP contribution in [0.5, 0.6) is 0 Å². The van der Waals surface area contributed by atoms with Crippen molar-refractivity contribution in [2.45, 2.75) is 25.9 Å². The molecule has 0 fully saturated rings. The van der Waals surface area contributed by atoms with Crippen molar-refractivity contribution >= 4 is 29.0 Å². The molecule has 1 aromatic heterocycles. The third-order valence-electron chi connectivity index (χ3n) is 3.11. The summed E-state index contributed by atoms with van der Waals surface area (Å²) in [6, 6.07) is 7.10. The van der Waals surface area contributed by atoms with Gasteiger partial charge in [-0.05, 0) is 44.5 Å². The molecular weight excluding hydrogens is 284 g/mol. The number of rotatable bonds is 4. The van der Waals surface area contributed by atoms with Crippen LogP contribution in [0.4, 0.5) is 11.4 Å². The molecular formula is C15H18N4OS. The smallest absolute Gasteiger partial charge is 0.234 e. The molecule has 110 valence electrons. The molecule has 0 aliphatic heterocycles. The van der Waals surface area contributed by atoms with Gasteiger partial charge in [0.25, 0.3) is 0 Å². The Morgan fingerprint density at radius 2 is 1.90 bits per heavy atom. The van der Waals surface area contributed by atoms with E-state index < -0.39 is 0 Å². The minimum atomic E-state index is -0.106. The molecule has 1 aromatic carbocycles. The van der Waals surface area contributed by atoms with E-state index >= 15 is 0 Å². The molecule has 2 aromatic rings. The van der Waals surface area contributed by atoms with Crippen LogP contribution in [0.1, 0.15) is 17.0 Å². The molecule has 2 rings (SSSR count). The second-order valence-electron chi connectivity index (χ2n) is 4.76. The molecule has 0 saturated heterocycles. The highest BCUT2D eigenvalue weighted by Gasteiger charge is 2.08. The number of nitrogens with one attached hydrogen (secondary N) is 1. The summed E-state index contributed by atoms with van der Waals surface area (Å²) < 4.78 is 0. The van der Waals surface area contributed by atoms with Crippen molar-refractivity contribution in [3.05, 3.63) is 41.2 Å². The number of nitrogen functional groups attached to an aromatic ring is 1. The average molecular weight is 302 g/mol. The van der Waals surface area contributed by atoms with Crippen LogP contribution in [0, 0.1) is 20.8 Å². The molecule has 3 N–H and O–H groups in total. The number of aryl methyl sites for hydroxylation is 2. The van der Waals surface area contributed by atoms with Crippen LogP contribution in [0.25, 0.3) is 0 Å². The van der Waals surface area contributed by atoms with Crippen molar-refractivity contribution in [3.63, 3.8) is 0 Å². The Morgan fingerprint density at radius 1 is 1.24 bits per heavy atom. The standard InChI is InChI=1S/C15H18N4OS/c1-9-10(2)17-15(18-11(9)3)21-8-14(20)19-13-6-4-5-12(16)7-13/h4-7H,8,16H2,1-3H3,(H,19,20). The normalized spacial score (nSPS) is 10.4. The van der Waals surface area contributed by atoms with E-state index in [9.17, 15) is 4.79 Å². The van der Waals surface area contributed by atoms with E-state index in [0.717, 1.165) is 17.0 Å². The number of hydrogen-bond donors (Lipinski definition) is 2. The van der Waals surface area contributed by atoms with Gasteiger partial charge in [0.15, 0.2) is 5.16 Å². The number of amides is 1. The summed E-state index contributed by atoms with van der Waals surface area (Å²) in [5.41, 5.74) is 9.96. The van der Waals surface area contributed by atoms with Gasteiger partial charge in [0.05, 0.1) is 5.75 Å². The molecule has 1 heterocycles. The van der Waals surface area contributed by atoms with E-state index in [-0.39, 0.29) is 11.7 Å². The summed E-state index contributed by atoms with van der Waals surface area (Å²) in [7, 11) is 0. The van der Waals surface area contributed by atoms with Crippen LogP contribution in [0.15, 0.2) is 29.4 Å². The summed E-state index contributed by atoms with van der Waals surface area (Å²) in [6.07, 6.45) is 0. The average Bonchev–Trinajstić information content (AvgIpc) is 2.42. The predicted octanol–water partition coefficient (Wildman–Crippen LogP) is 2.71. The van der Waals surface area contributed by atoms with Crippen molar-refractivity contribution in [2.75, 3.05) is 16.8 Å². The molecule has 0 bridgehead atoms. The summed E-state index contributed by atoms with van der Waals surface area (Å²) >= 11 is 1.32. The number of hydrogen-bond acceptors (Lipinski definition) is 5. The lowest BCUT2D eigenvalue weighted by molar-refractivity contribution is -0.113. The fourth-order valence-corrected chi connectivity index (χ4v) is 2.48. The molecule has 0 spiro atoms. The van der Waals surface area contributed by atoms with Crippen molar-refractivity contribution < 1.29 is 4.79 Å². The molecule has 0 aliphatic rings. The number of nitrogens with two attached hydrogens (primary N) is 1. The molecule has 0 atom stereocenters. The predicted molar refractivity (Wildman–Crippen MR) is 86.5 cm³/mol. The van der Waals surface area contributed by atoms with Crippen LogP contribution in [-0.4, -0.2) is 21.6 Å². The number of anilines is 2. The van der Waals surface area contributed by atoms with E-state index in [0.29, 0.717) is 16.5 Å². The number of aromatic nitrogens is 2. The summed E-state index contributed by atoms with van der Waals surface area (Å²) in [5, 5.41) is 3.42. The van der Waals surface area contributed by atoms with Crippen LogP contribution < -0.4 is 11.1 Å². The van der Waals surface area contributed by atoms with Gasteiger partial charge in [-0.25, -0.2) is 9.97 Å². The Hall–Kier alpha value is -2.08. The molecule has 21 heavy (non-hydrogen) atoms. The van der Waals surface area contributed by atoms with Crippen molar-refractivity contribution in [3.8, 4) is 0 Å². The molecule has 0 aliphatic carbocycles. The van der Waals surface area contributed by atoms with Gasteiger partial charge in [-0.15, -0.1) is 0 Å². The van der Waals surface area contributed by atoms with E-state index in [4.69, 9.17) is 5.73 Å². The van der Waals surface area contributed by atoms with Gasteiger partial charge in [-0.3, -0.25) is 4.79 Å². The second kappa shape index (κ2) is 6.58.